The predicted octanol–water partition coefficient (Wildman–Crippen LogP) is 7.41. The molecule has 1 heterocycles. The maximum atomic E-state index is 14.8. The van der Waals surface area contributed by atoms with Gasteiger partial charge in [0, 0.05) is 23.1 Å². The molecule has 1 aliphatic heterocycles. The summed E-state index contributed by atoms with van der Waals surface area (Å²) in [5.74, 6) is 1.24. The lowest BCUT2D eigenvalue weighted by Crippen LogP contribution is -2.43. The van der Waals surface area contributed by atoms with E-state index in [-0.39, 0.29) is 35.6 Å². The maximum absolute atomic E-state index is 14.8. The minimum Gasteiger partial charge on any atom is -0.326 e. The average Bonchev–Trinajstić information content (AvgIpc) is 3.07. The largest absolute Gasteiger partial charge is 0.326 e. The summed E-state index contributed by atoms with van der Waals surface area (Å²) in [5, 5.41) is 0. The van der Waals surface area contributed by atoms with E-state index < -0.39 is 31.6 Å². The van der Waals surface area contributed by atoms with Crippen molar-refractivity contribution in [1.29, 1.82) is 0 Å². The molecule has 2 nitrogen and oxygen atoms in total. The molecule has 0 fully saturated rings. The van der Waals surface area contributed by atoms with Crippen molar-refractivity contribution in [1.82, 2.24) is 4.90 Å². The van der Waals surface area contributed by atoms with Crippen LogP contribution in [0.1, 0.15) is 75.5 Å². The van der Waals surface area contributed by atoms with Gasteiger partial charge in [-0.05, 0) is 47.0 Å². The molecule has 0 bridgehead atoms. The molecule has 0 radical (unpaired) electrons. The van der Waals surface area contributed by atoms with Gasteiger partial charge in [0.25, 0.3) is 5.91 Å². The molecule has 0 saturated heterocycles. The molecule has 0 aromatic heterocycles. The highest BCUT2D eigenvalue weighted by Crippen LogP contribution is 2.41. The average molecular weight is 472 g/mol. The summed E-state index contributed by atoms with van der Waals surface area (Å²) in [6.45, 7) is 13.2. The fourth-order valence-corrected chi connectivity index (χ4v) is 10.7. The van der Waals surface area contributed by atoms with E-state index in [1.165, 1.54) is 17.0 Å². The zero-order chi connectivity index (χ0) is 24.5. The van der Waals surface area contributed by atoms with E-state index in [1.807, 2.05) is 0 Å². The van der Waals surface area contributed by atoms with E-state index >= 15 is 0 Å². The molecule has 33 heavy (non-hydrogen) atoms. The maximum Gasteiger partial charge on any atom is 0.255 e. The molecule has 2 aromatic carbocycles. The van der Waals surface area contributed by atoms with Crippen LogP contribution < -0.4 is 0 Å². The fraction of sp³-hybridized carbons (Fsp3) is 0.444. The normalized spacial score (nSPS) is 14.7. The fourth-order valence-electron chi connectivity index (χ4n) is 5.46. The summed E-state index contributed by atoms with van der Waals surface area (Å²) in [5.41, 5.74) is 5.47. The smallest absolute Gasteiger partial charge is 0.255 e. The van der Waals surface area contributed by atoms with E-state index in [0.717, 1.165) is 18.2 Å². The van der Waals surface area contributed by atoms with Gasteiger partial charge in [-0.3, -0.25) is 4.79 Å². The lowest BCUT2D eigenvalue weighted by atomic mass is 10.0. The Morgan fingerprint density at radius 2 is 1.58 bits per heavy atom. The van der Waals surface area contributed by atoms with Crippen LogP contribution in [0.2, 0.25) is 16.6 Å². The highest BCUT2D eigenvalue weighted by Gasteiger charge is 2.42. The van der Waals surface area contributed by atoms with Crippen LogP contribution in [-0.4, -0.2) is 18.9 Å². The SMILES string of the molecule is CC(C)[Si](C#CCC(c1cc(F)ccc1F)N1Cc2c(F)cccc2C1=O)(C(C)C)C(C)C. The highest BCUT2D eigenvalue weighted by molar-refractivity contribution is 6.90. The Hall–Kier alpha value is -2.52. The monoisotopic (exact) mass is 471 g/mol. The van der Waals surface area contributed by atoms with Crippen LogP contribution in [0.5, 0.6) is 0 Å². The van der Waals surface area contributed by atoms with Gasteiger partial charge in [0.15, 0.2) is 0 Å². The van der Waals surface area contributed by atoms with Crippen molar-refractivity contribution in [2.75, 3.05) is 0 Å². The van der Waals surface area contributed by atoms with Gasteiger partial charge in [0.2, 0.25) is 0 Å². The standard InChI is InChI=1S/C27H32F3NOSi/c1-17(2)33(18(3)4,19(5)6)14-8-11-26(22-15-20(28)12-13-25(22)30)31-16-23-21(27(31)32)9-7-10-24(23)29/h7,9-10,12-13,15,17-19,26H,11,16H2,1-6H3. The van der Waals surface area contributed by atoms with E-state index in [0.29, 0.717) is 16.6 Å². The highest BCUT2D eigenvalue weighted by atomic mass is 28.3. The van der Waals surface area contributed by atoms with Crippen molar-refractivity contribution < 1.29 is 18.0 Å². The summed E-state index contributed by atoms with van der Waals surface area (Å²) >= 11 is 0. The van der Waals surface area contributed by atoms with Gasteiger partial charge in [0.1, 0.15) is 25.5 Å². The number of nitrogens with zero attached hydrogens (tertiary/aromatic N) is 1. The number of hydrogen-bond acceptors (Lipinski definition) is 1. The molecular weight excluding hydrogens is 439 g/mol. The van der Waals surface area contributed by atoms with Crippen molar-refractivity contribution in [3.63, 3.8) is 0 Å². The molecule has 3 rings (SSSR count). The number of carbonyl (C=O) groups excluding carboxylic acids is 1. The molecule has 1 atom stereocenters. The molecule has 0 saturated carbocycles. The number of fused-ring (bicyclic) bond motifs is 1. The first-order chi connectivity index (χ1) is 15.5. The second kappa shape index (κ2) is 9.76. The Morgan fingerprint density at radius 3 is 2.15 bits per heavy atom. The van der Waals surface area contributed by atoms with E-state index in [9.17, 15) is 18.0 Å². The molecular formula is C27H32F3NOSi. The van der Waals surface area contributed by atoms with Crippen molar-refractivity contribution in [2.24, 2.45) is 0 Å². The second-order valence-electron chi connectivity index (χ2n) is 9.78. The van der Waals surface area contributed by atoms with Crippen molar-refractivity contribution in [2.45, 2.75) is 77.2 Å². The van der Waals surface area contributed by atoms with Gasteiger partial charge >= 0.3 is 0 Å². The van der Waals surface area contributed by atoms with E-state index in [1.54, 1.807) is 6.07 Å². The number of rotatable bonds is 6. The van der Waals surface area contributed by atoms with Crippen LogP contribution in [-0.2, 0) is 6.54 Å². The quantitative estimate of drug-likeness (QED) is 0.317. The summed E-state index contributed by atoms with van der Waals surface area (Å²) in [4.78, 5) is 14.6. The Bertz CT molecular complexity index is 1080. The van der Waals surface area contributed by atoms with E-state index in [4.69, 9.17) is 0 Å². The minimum absolute atomic E-state index is 0.00422. The van der Waals surface area contributed by atoms with Gasteiger partial charge in [-0.15, -0.1) is 11.5 Å². The molecule has 1 unspecified atom stereocenters. The van der Waals surface area contributed by atoms with Gasteiger partial charge in [-0.2, -0.15) is 0 Å². The lowest BCUT2D eigenvalue weighted by molar-refractivity contribution is 0.0700. The number of carbonyl (C=O) groups is 1. The minimum atomic E-state index is -2.04. The van der Waals surface area contributed by atoms with Crippen molar-refractivity contribution in [3.8, 4) is 11.5 Å². The number of halogens is 3. The molecule has 0 N–H and O–H groups in total. The molecule has 176 valence electrons. The zero-order valence-corrected chi connectivity index (χ0v) is 21.2. The van der Waals surface area contributed by atoms with Crippen LogP contribution in [0.3, 0.4) is 0 Å². The number of hydrogen-bond donors (Lipinski definition) is 0. The summed E-state index contributed by atoms with van der Waals surface area (Å²) < 4.78 is 43.3. The van der Waals surface area contributed by atoms with Crippen molar-refractivity contribution in [3.05, 3.63) is 70.5 Å². The molecule has 2 aromatic rings. The Morgan fingerprint density at radius 1 is 0.939 bits per heavy atom. The lowest BCUT2D eigenvalue weighted by Gasteiger charge is -2.38. The first-order valence-electron chi connectivity index (χ1n) is 11.5. The molecule has 6 heteroatoms. The van der Waals surface area contributed by atoms with Gasteiger partial charge in [0.05, 0.1) is 12.6 Å². The third-order valence-electron chi connectivity index (χ3n) is 7.10. The zero-order valence-electron chi connectivity index (χ0n) is 20.2. The first kappa shape index (κ1) is 25.1. The van der Waals surface area contributed by atoms with E-state index in [2.05, 4.69) is 53.0 Å². The Labute approximate surface area is 196 Å². The van der Waals surface area contributed by atoms with Crippen LogP contribution in [0.4, 0.5) is 13.2 Å². The number of benzene rings is 2. The van der Waals surface area contributed by atoms with Crippen LogP contribution >= 0.6 is 0 Å². The molecule has 1 aliphatic rings. The molecule has 0 aliphatic carbocycles. The molecule has 1 amide bonds. The third-order valence-corrected chi connectivity index (χ3v) is 13.4. The van der Waals surface area contributed by atoms with Crippen molar-refractivity contribution >= 4 is 14.0 Å². The van der Waals surface area contributed by atoms with Crippen LogP contribution in [0, 0.1) is 28.9 Å². The predicted molar refractivity (Wildman–Crippen MR) is 129 cm³/mol. The number of amides is 1. The van der Waals surface area contributed by atoms with Gasteiger partial charge in [-0.25, -0.2) is 13.2 Å². The third kappa shape index (κ3) is 4.61. The first-order valence-corrected chi connectivity index (χ1v) is 13.8. The summed E-state index contributed by atoms with van der Waals surface area (Å²) in [6.07, 6.45) is 0.155. The second-order valence-corrected chi connectivity index (χ2v) is 15.4. The Balaban J connectivity index is 2.06. The topological polar surface area (TPSA) is 20.3 Å². The van der Waals surface area contributed by atoms with Gasteiger partial charge in [-0.1, -0.05) is 47.6 Å². The van der Waals surface area contributed by atoms with Gasteiger partial charge < -0.3 is 4.90 Å². The summed E-state index contributed by atoms with van der Waals surface area (Å²) in [7, 11) is -2.04. The summed E-state index contributed by atoms with van der Waals surface area (Å²) in [6, 6.07) is 6.78. The van der Waals surface area contributed by atoms with Crippen LogP contribution in [0.15, 0.2) is 36.4 Å². The Kier molecular flexibility index (Phi) is 7.43. The van der Waals surface area contributed by atoms with Crippen LogP contribution in [0.25, 0.3) is 0 Å². The molecule has 0 spiro atoms.